The van der Waals surface area contributed by atoms with Crippen molar-refractivity contribution in [3.8, 4) is 11.5 Å². The van der Waals surface area contributed by atoms with E-state index >= 15 is 0 Å². The molecular formula is C15H25NO2. The largest absolute Gasteiger partial charge is 0.490 e. The van der Waals surface area contributed by atoms with Gasteiger partial charge in [0, 0.05) is 0 Å². The third-order valence-corrected chi connectivity index (χ3v) is 2.63. The van der Waals surface area contributed by atoms with Crippen LogP contribution in [0.3, 0.4) is 0 Å². The Morgan fingerprint density at radius 2 is 1.67 bits per heavy atom. The first-order valence-electron chi connectivity index (χ1n) is 6.91. The van der Waals surface area contributed by atoms with Gasteiger partial charge in [0.05, 0.1) is 13.2 Å². The Hall–Kier alpha value is -1.22. The number of hydrogen-bond donors (Lipinski definition) is 1. The van der Waals surface area contributed by atoms with Gasteiger partial charge in [-0.15, -0.1) is 0 Å². The minimum Gasteiger partial charge on any atom is -0.490 e. The molecule has 0 aromatic heterocycles. The van der Waals surface area contributed by atoms with Gasteiger partial charge < -0.3 is 14.8 Å². The van der Waals surface area contributed by atoms with E-state index in [1.54, 1.807) is 0 Å². The third kappa shape index (κ3) is 4.96. The molecule has 0 aliphatic rings. The van der Waals surface area contributed by atoms with Crippen molar-refractivity contribution in [2.45, 2.75) is 33.6 Å². The molecule has 0 amide bonds. The highest BCUT2D eigenvalue weighted by molar-refractivity contribution is 5.43. The molecule has 1 rings (SSSR count). The van der Waals surface area contributed by atoms with Crippen molar-refractivity contribution < 1.29 is 9.47 Å². The lowest BCUT2D eigenvalue weighted by molar-refractivity contribution is 0.287. The summed E-state index contributed by atoms with van der Waals surface area (Å²) in [5, 5.41) is 3.40. The van der Waals surface area contributed by atoms with Crippen LogP contribution in [-0.2, 0) is 6.42 Å². The van der Waals surface area contributed by atoms with Gasteiger partial charge in [-0.3, -0.25) is 0 Å². The molecule has 0 radical (unpaired) electrons. The summed E-state index contributed by atoms with van der Waals surface area (Å²) >= 11 is 0. The molecule has 1 N–H and O–H groups in total. The second kappa shape index (κ2) is 8.81. The van der Waals surface area contributed by atoms with Gasteiger partial charge in [-0.05, 0) is 57.5 Å². The minimum absolute atomic E-state index is 0.664. The van der Waals surface area contributed by atoms with E-state index in [-0.39, 0.29) is 0 Å². The van der Waals surface area contributed by atoms with E-state index in [9.17, 15) is 0 Å². The molecule has 0 atom stereocenters. The molecule has 0 heterocycles. The monoisotopic (exact) mass is 251 g/mol. The zero-order chi connectivity index (χ0) is 13.2. The maximum Gasteiger partial charge on any atom is 0.161 e. The van der Waals surface area contributed by atoms with Crippen molar-refractivity contribution >= 4 is 0 Å². The van der Waals surface area contributed by atoms with E-state index in [2.05, 4.69) is 24.4 Å². The Balaban J connectivity index is 2.61. The van der Waals surface area contributed by atoms with Crippen molar-refractivity contribution in [3.05, 3.63) is 23.8 Å². The maximum absolute atomic E-state index is 5.61. The fourth-order valence-electron chi connectivity index (χ4n) is 1.79. The molecule has 1 aromatic carbocycles. The molecule has 0 saturated heterocycles. The van der Waals surface area contributed by atoms with E-state index in [1.165, 1.54) is 12.0 Å². The highest BCUT2D eigenvalue weighted by Crippen LogP contribution is 2.28. The summed E-state index contributed by atoms with van der Waals surface area (Å²) in [5.41, 5.74) is 1.28. The first kappa shape index (κ1) is 14.8. The molecule has 102 valence electrons. The number of benzene rings is 1. The summed E-state index contributed by atoms with van der Waals surface area (Å²) in [7, 11) is 0. The second-order valence-electron chi connectivity index (χ2n) is 4.15. The predicted octanol–water partition coefficient (Wildman–Crippen LogP) is 3.03. The summed E-state index contributed by atoms with van der Waals surface area (Å²) in [6.45, 7) is 9.57. The molecule has 0 unspecified atom stereocenters. The standard InChI is InChI=1S/C15H25NO2/c1-4-10-16-11-9-13-7-8-14(17-5-2)15(12-13)18-6-3/h7-8,12,16H,4-6,9-11H2,1-3H3. The van der Waals surface area contributed by atoms with Crippen molar-refractivity contribution in [1.82, 2.24) is 5.32 Å². The van der Waals surface area contributed by atoms with E-state index < -0.39 is 0 Å². The van der Waals surface area contributed by atoms with Gasteiger partial charge >= 0.3 is 0 Å². The van der Waals surface area contributed by atoms with Crippen LogP contribution in [-0.4, -0.2) is 26.3 Å². The zero-order valence-electron chi connectivity index (χ0n) is 11.8. The summed E-state index contributed by atoms with van der Waals surface area (Å²) < 4.78 is 11.2. The molecule has 0 spiro atoms. The predicted molar refractivity (Wildman–Crippen MR) is 75.6 cm³/mol. The van der Waals surface area contributed by atoms with E-state index in [0.717, 1.165) is 31.0 Å². The van der Waals surface area contributed by atoms with Crippen LogP contribution in [0.4, 0.5) is 0 Å². The summed E-state index contributed by atoms with van der Waals surface area (Å²) in [5.74, 6) is 1.69. The normalized spacial score (nSPS) is 10.4. The quantitative estimate of drug-likeness (QED) is 0.684. The van der Waals surface area contributed by atoms with Gasteiger partial charge in [0.1, 0.15) is 0 Å². The smallest absolute Gasteiger partial charge is 0.161 e. The molecule has 0 aliphatic carbocycles. The van der Waals surface area contributed by atoms with Crippen LogP contribution in [0, 0.1) is 0 Å². The second-order valence-corrected chi connectivity index (χ2v) is 4.15. The molecule has 0 aliphatic heterocycles. The van der Waals surface area contributed by atoms with Crippen LogP contribution in [0.2, 0.25) is 0 Å². The van der Waals surface area contributed by atoms with Crippen molar-refractivity contribution in [2.75, 3.05) is 26.3 Å². The number of hydrogen-bond acceptors (Lipinski definition) is 3. The molecule has 1 aromatic rings. The lowest BCUT2D eigenvalue weighted by atomic mass is 10.1. The van der Waals surface area contributed by atoms with Gasteiger partial charge in [-0.25, -0.2) is 0 Å². The number of nitrogens with one attached hydrogen (secondary N) is 1. The molecule has 3 heteroatoms. The fraction of sp³-hybridized carbons (Fsp3) is 0.600. The Morgan fingerprint density at radius 3 is 2.33 bits per heavy atom. The number of rotatable bonds is 9. The highest BCUT2D eigenvalue weighted by atomic mass is 16.5. The van der Waals surface area contributed by atoms with Crippen molar-refractivity contribution in [3.63, 3.8) is 0 Å². The average molecular weight is 251 g/mol. The Kier molecular flexibility index (Phi) is 7.26. The molecule has 3 nitrogen and oxygen atoms in total. The minimum atomic E-state index is 0.664. The molecule has 0 saturated carbocycles. The van der Waals surface area contributed by atoms with Gasteiger partial charge in [0.2, 0.25) is 0 Å². The first-order chi connectivity index (χ1) is 8.81. The van der Waals surface area contributed by atoms with Crippen molar-refractivity contribution in [2.24, 2.45) is 0 Å². The van der Waals surface area contributed by atoms with Crippen molar-refractivity contribution in [1.29, 1.82) is 0 Å². The zero-order valence-corrected chi connectivity index (χ0v) is 11.8. The van der Waals surface area contributed by atoms with Crippen LogP contribution >= 0.6 is 0 Å². The van der Waals surface area contributed by atoms with Crippen LogP contribution in [0.5, 0.6) is 11.5 Å². The number of ether oxygens (including phenoxy) is 2. The highest BCUT2D eigenvalue weighted by Gasteiger charge is 2.05. The summed E-state index contributed by atoms with van der Waals surface area (Å²) in [6.07, 6.45) is 2.19. The maximum atomic E-state index is 5.61. The van der Waals surface area contributed by atoms with E-state index in [1.807, 2.05) is 19.9 Å². The SMILES string of the molecule is CCCNCCc1ccc(OCC)c(OCC)c1. The summed E-state index contributed by atoms with van der Waals surface area (Å²) in [6, 6.07) is 6.20. The Morgan fingerprint density at radius 1 is 0.944 bits per heavy atom. The molecular weight excluding hydrogens is 226 g/mol. The van der Waals surface area contributed by atoms with E-state index in [0.29, 0.717) is 13.2 Å². The Labute approximate surface area is 110 Å². The lowest BCUT2D eigenvalue weighted by Crippen LogP contribution is -2.17. The van der Waals surface area contributed by atoms with Crippen LogP contribution in [0.1, 0.15) is 32.8 Å². The van der Waals surface area contributed by atoms with Gasteiger partial charge in [-0.1, -0.05) is 13.0 Å². The van der Waals surface area contributed by atoms with Crippen LogP contribution in [0.15, 0.2) is 18.2 Å². The third-order valence-electron chi connectivity index (χ3n) is 2.63. The van der Waals surface area contributed by atoms with Gasteiger partial charge in [-0.2, -0.15) is 0 Å². The molecule has 18 heavy (non-hydrogen) atoms. The average Bonchev–Trinajstić information content (AvgIpc) is 2.38. The van der Waals surface area contributed by atoms with Gasteiger partial charge in [0.25, 0.3) is 0 Å². The first-order valence-corrected chi connectivity index (χ1v) is 6.91. The molecule has 0 bridgehead atoms. The summed E-state index contributed by atoms with van der Waals surface area (Å²) in [4.78, 5) is 0. The van der Waals surface area contributed by atoms with Crippen LogP contribution < -0.4 is 14.8 Å². The van der Waals surface area contributed by atoms with E-state index in [4.69, 9.17) is 9.47 Å². The van der Waals surface area contributed by atoms with Gasteiger partial charge in [0.15, 0.2) is 11.5 Å². The Bertz CT molecular complexity index is 339. The lowest BCUT2D eigenvalue weighted by Gasteiger charge is -2.12. The molecule has 0 fully saturated rings. The van der Waals surface area contributed by atoms with Crippen LogP contribution in [0.25, 0.3) is 0 Å². The fourth-order valence-corrected chi connectivity index (χ4v) is 1.79. The topological polar surface area (TPSA) is 30.5 Å².